The maximum atomic E-state index is 13.1. The van der Waals surface area contributed by atoms with Crippen molar-refractivity contribution in [2.75, 3.05) is 26.2 Å². The minimum Gasteiger partial charge on any atom is -0.507 e. The molecule has 1 atom stereocenters. The third-order valence-electron chi connectivity index (χ3n) is 6.69. The molecule has 1 aliphatic rings. The van der Waals surface area contributed by atoms with Gasteiger partial charge >= 0.3 is 0 Å². The number of amides is 1. The number of hydrogen-bond acceptors (Lipinski definition) is 6. The summed E-state index contributed by atoms with van der Waals surface area (Å²) in [7, 11) is 0. The summed E-state index contributed by atoms with van der Waals surface area (Å²) in [6.45, 7) is 9.43. The van der Waals surface area contributed by atoms with Crippen LogP contribution in [0.25, 0.3) is 5.76 Å². The summed E-state index contributed by atoms with van der Waals surface area (Å²) in [6, 6.07) is 18.2. The predicted molar refractivity (Wildman–Crippen MR) is 143 cm³/mol. The first-order chi connectivity index (χ1) is 17.4. The fourth-order valence-electron chi connectivity index (χ4n) is 4.44. The topological polar surface area (TPSA) is 70.1 Å². The van der Waals surface area contributed by atoms with Gasteiger partial charge in [0.2, 0.25) is 0 Å². The Morgan fingerprint density at radius 1 is 1.03 bits per heavy atom. The van der Waals surface area contributed by atoms with Crippen LogP contribution >= 0.6 is 11.3 Å². The SMILES string of the molecule is CCN(CC)CCN1C(=O)C(=O)/C(=C(/O)c2ccc(OCc3ccccc3C)cc2)C1c1cccs1. The third kappa shape index (κ3) is 5.37. The van der Waals surface area contributed by atoms with Crippen molar-refractivity contribution in [2.24, 2.45) is 0 Å². The Bertz CT molecular complexity index is 1230. The van der Waals surface area contributed by atoms with E-state index in [1.54, 1.807) is 29.2 Å². The van der Waals surface area contributed by atoms with E-state index in [0.29, 0.717) is 31.0 Å². The molecule has 2 aromatic carbocycles. The number of rotatable bonds is 10. The molecule has 7 heteroatoms. The van der Waals surface area contributed by atoms with E-state index in [1.165, 1.54) is 11.3 Å². The maximum Gasteiger partial charge on any atom is 0.295 e. The van der Waals surface area contributed by atoms with Crippen molar-refractivity contribution in [2.45, 2.75) is 33.4 Å². The first kappa shape index (κ1) is 25.7. The Morgan fingerprint density at radius 3 is 2.39 bits per heavy atom. The molecule has 2 heterocycles. The van der Waals surface area contributed by atoms with Gasteiger partial charge in [0.25, 0.3) is 11.7 Å². The van der Waals surface area contributed by atoms with E-state index in [4.69, 9.17) is 4.74 Å². The standard InChI is InChI=1S/C29H32N2O4S/c1-4-30(5-2)16-17-31-26(24-11-8-18-36-24)25(28(33)29(31)34)27(32)21-12-14-23(15-13-21)35-19-22-10-7-6-9-20(22)3/h6-15,18,26,32H,4-5,16-17,19H2,1-3H3/b27-25+. The third-order valence-corrected chi connectivity index (χ3v) is 7.61. The highest BCUT2D eigenvalue weighted by atomic mass is 32.1. The number of ketones is 1. The van der Waals surface area contributed by atoms with Crippen LogP contribution in [-0.2, 0) is 16.2 Å². The molecule has 3 aromatic rings. The van der Waals surface area contributed by atoms with Gasteiger partial charge in [-0.3, -0.25) is 9.59 Å². The van der Waals surface area contributed by atoms with E-state index in [9.17, 15) is 14.7 Å². The lowest BCUT2D eigenvalue weighted by molar-refractivity contribution is -0.140. The monoisotopic (exact) mass is 504 g/mol. The number of aryl methyl sites for hydroxylation is 1. The Hall–Kier alpha value is -3.42. The second-order valence-electron chi connectivity index (χ2n) is 8.77. The average molecular weight is 505 g/mol. The van der Waals surface area contributed by atoms with E-state index in [-0.39, 0.29) is 11.3 Å². The van der Waals surface area contributed by atoms with Crippen molar-refractivity contribution in [1.29, 1.82) is 0 Å². The molecule has 1 aliphatic heterocycles. The molecule has 0 radical (unpaired) electrons. The predicted octanol–water partition coefficient (Wildman–Crippen LogP) is 5.40. The fourth-order valence-corrected chi connectivity index (χ4v) is 5.29. The molecule has 4 rings (SSSR count). The Morgan fingerprint density at radius 2 is 1.75 bits per heavy atom. The molecule has 1 saturated heterocycles. The zero-order valence-corrected chi connectivity index (χ0v) is 21.8. The van der Waals surface area contributed by atoms with Gasteiger partial charge in [0, 0.05) is 23.5 Å². The minimum atomic E-state index is -0.648. The molecular formula is C29H32N2O4S. The van der Waals surface area contributed by atoms with Gasteiger partial charge in [-0.2, -0.15) is 0 Å². The number of aliphatic hydroxyl groups is 1. The number of likely N-dealkylation sites (tertiary alicyclic amines) is 1. The summed E-state index contributed by atoms with van der Waals surface area (Å²) >= 11 is 1.47. The van der Waals surface area contributed by atoms with Crippen molar-refractivity contribution >= 4 is 28.8 Å². The molecule has 1 fully saturated rings. The van der Waals surface area contributed by atoms with Gasteiger partial charge in [-0.1, -0.05) is 44.2 Å². The summed E-state index contributed by atoms with van der Waals surface area (Å²) in [5, 5.41) is 13.2. The fraction of sp³-hybridized carbons (Fsp3) is 0.310. The number of Topliss-reactive ketones (excluding diaryl/α,β-unsaturated/α-hetero) is 1. The molecule has 1 amide bonds. The van der Waals surface area contributed by atoms with E-state index < -0.39 is 17.7 Å². The summed E-state index contributed by atoms with van der Waals surface area (Å²) in [5.74, 6) is -0.725. The molecule has 0 saturated carbocycles. The number of thiophene rings is 1. The molecular weight excluding hydrogens is 472 g/mol. The van der Waals surface area contributed by atoms with Gasteiger partial charge in [0.05, 0.1) is 11.6 Å². The van der Waals surface area contributed by atoms with E-state index >= 15 is 0 Å². The quantitative estimate of drug-likeness (QED) is 0.227. The second kappa shape index (κ2) is 11.5. The Kier molecular flexibility index (Phi) is 8.23. The maximum absolute atomic E-state index is 13.1. The van der Waals surface area contributed by atoms with Crippen LogP contribution in [0.15, 0.2) is 71.6 Å². The summed E-state index contributed by atoms with van der Waals surface area (Å²) in [6.07, 6.45) is 0. The number of hydrogen-bond donors (Lipinski definition) is 1. The lowest BCUT2D eigenvalue weighted by Gasteiger charge is -2.27. The lowest BCUT2D eigenvalue weighted by atomic mass is 10.00. The van der Waals surface area contributed by atoms with Gasteiger partial charge in [0.1, 0.15) is 18.1 Å². The summed E-state index contributed by atoms with van der Waals surface area (Å²) in [5.41, 5.74) is 2.87. The number of carbonyl (C=O) groups excluding carboxylic acids is 2. The highest BCUT2D eigenvalue weighted by Gasteiger charge is 2.46. The summed E-state index contributed by atoms with van der Waals surface area (Å²) < 4.78 is 5.91. The molecule has 0 aliphatic carbocycles. The van der Waals surface area contributed by atoms with Crippen LogP contribution in [-0.4, -0.2) is 52.8 Å². The largest absolute Gasteiger partial charge is 0.507 e. The first-order valence-corrected chi connectivity index (χ1v) is 13.1. The number of carbonyl (C=O) groups is 2. The van der Waals surface area contributed by atoms with Crippen molar-refractivity contribution in [1.82, 2.24) is 9.80 Å². The van der Waals surface area contributed by atoms with Gasteiger partial charge in [-0.25, -0.2) is 0 Å². The number of ether oxygens (including phenoxy) is 1. The molecule has 1 unspecified atom stereocenters. The van der Waals surface area contributed by atoms with Crippen molar-refractivity contribution in [3.8, 4) is 5.75 Å². The molecule has 1 aromatic heterocycles. The highest BCUT2D eigenvalue weighted by molar-refractivity contribution is 7.10. The molecule has 36 heavy (non-hydrogen) atoms. The van der Waals surface area contributed by atoms with E-state index in [1.807, 2.05) is 48.7 Å². The number of likely N-dealkylation sites (N-methyl/N-ethyl adjacent to an activating group) is 1. The number of aliphatic hydroxyl groups excluding tert-OH is 1. The van der Waals surface area contributed by atoms with Gasteiger partial charge in [-0.15, -0.1) is 11.3 Å². The second-order valence-corrected chi connectivity index (χ2v) is 9.75. The van der Waals surface area contributed by atoms with Gasteiger partial charge in [0.15, 0.2) is 0 Å². The lowest BCUT2D eigenvalue weighted by Crippen LogP contribution is -2.37. The molecule has 0 bridgehead atoms. The van der Waals surface area contributed by atoms with Crippen LogP contribution < -0.4 is 4.74 Å². The van der Waals surface area contributed by atoms with Crippen LogP contribution in [0.2, 0.25) is 0 Å². The zero-order valence-electron chi connectivity index (χ0n) is 20.9. The minimum absolute atomic E-state index is 0.135. The Balaban J connectivity index is 1.59. The van der Waals surface area contributed by atoms with Crippen molar-refractivity contribution in [3.05, 3.63) is 93.2 Å². The number of nitrogens with zero attached hydrogens (tertiary/aromatic N) is 2. The average Bonchev–Trinajstić information content (AvgIpc) is 3.51. The van der Waals surface area contributed by atoms with Gasteiger partial charge in [-0.05, 0) is 66.9 Å². The van der Waals surface area contributed by atoms with Gasteiger partial charge < -0.3 is 19.6 Å². The van der Waals surface area contributed by atoms with E-state index in [0.717, 1.165) is 29.1 Å². The number of benzene rings is 2. The highest BCUT2D eigenvalue weighted by Crippen LogP contribution is 2.41. The first-order valence-electron chi connectivity index (χ1n) is 12.3. The van der Waals surface area contributed by atoms with Crippen molar-refractivity contribution < 1.29 is 19.4 Å². The Labute approximate surface area is 216 Å². The van der Waals surface area contributed by atoms with E-state index in [2.05, 4.69) is 18.7 Å². The molecule has 188 valence electrons. The smallest absolute Gasteiger partial charge is 0.295 e. The van der Waals surface area contributed by atoms with Crippen LogP contribution in [0.1, 0.15) is 41.5 Å². The van der Waals surface area contributed by atoms with Crippen LogP contribution in [0.3, 0.4) is 0 Å². The van der Waals surface area contributed by atoms with Crippen LogP contribution in [0, 0.1) is 6.92 Å². The van der Waals surface area contributed by atoms with Crippen LogP contribution in [0.5, 0.6) is 5.75 Å². The normalized spacial score (nSPS) is 17.2. The molecule has 6 nitrogen and oxygen atoms in total. The zero-order chi connectivity index (χ0) is 25.7. The van der Waals surface area contributed by atoms with Crippen LogP contribution in [0.4, 0.5) is 0 Å². The molecule has 0 spiro atoms. The summed E-state index contributed by atoms with van der Waals surface area (Å²) in [4.78, 5) is 30.8. The molecule has 1 N–H and O–H groups in total. The van der Waals surface area contributed by atoms with Crippen molar-refractivity contribution in [3.63, 3.8) is 0 Å².